The van der Waals surface area contributed by atoms with Crippen molar-refractivity contribution in [3.63, 3.8) is 0 Å². The van der Waals surface area contributed by atoms with E-state index in [-0.39, 0.29) is 30.8 Å². The van der Waals surface area contributed by atoms with Crippen molar-refractivity contribution in [1.29, 1.82) is 0 Å². The van der Waals surface area contributed by atoms with E-state index < -0.39 is 17.8 Å². The number of amides is 2. The molecule has 4 aromatic rings. The molecule has 10 nitrogen and oxygen atoms in total. The van der Waals surface area contributed by atoms with E-state index >= 15 is 0 Å². The van der Waals surface area contributed by atoms with Gasteiger partial charge in [-0.05, 0) is 28.9 Å². The fourth-order valence-corrected chi connectivity index (χ4v) is 3.33. The maximum Gasteiger partial charge on any atom is 0.416 e. The SMILES string of the molecule is Cc1nc(OCCO)ncc1-c1ccc(C[n+]2cc([N-]C(=O)Nc3cccc(C(F)(F)F)c3)on2)cc1. The topological polar surface area (TPSA) is 128 Å². The largest absolute Gasteiger partial charge is 0.461 e. The van der Waals surface area contributed by atoms with Gasteiger partial charge in [0, 0.05) is 17.3 Å². The van der Waals surface area contributed by atoms with Crippen LogP contribution in [0.15, 0.2) is 65.4 Å². The lowest BCUT2D eigenvalue weighted by molar-refractivity contribution is -0.754. The predicted octanol–water partition coefficient (Wildman–Crippen LogP) is 4.40. The number of ether oxygens (including phenoxy) is 1. The molecule has 0 spiro atoms. The number of hydrogen-bond donors (Lipinski definition) is 2. The number of alkyl halides is 3. The first kappa shape index (κ1) is 25.6. The number of nitrogens with one attached hydrogen (secondary N) is 1. The minimum Gasteiger partial charge on any atom is -0.461 e. The highest BCUT2D eigenvalue weighted by Crippen LogP contribution is 2.31. The molecule has 2 N–H and O–H groups in total. The van der Waals surface area contributed by atoms with E-state index in [1.807, 2.05) is 31.2 Å². The molecular formula is C24H21F3N6O4. The minimum atomic E-state index is -4.53. The normalized spacial score (nSPS) is 11.3. The van der Waals surface area contributed by atoms with Gasteiger partial charge in [-0.1, -0.05) is 42.5 Å². The van der Waals surface area contributed by atoms with Crippen molar-refractivity contribution < 1.29 is 37.0 Å². The summed E-state index contributed by atoms with van der Waals surface area (Å²) >= 11 is 0. The average molecular weight is 514 g/mol. The summed E-state index contributed by atoms with van der Waals surface area (Å²) in [6.45, 7) is 2.13. The third-order valence-electron chi connectivity index (χ3n) is 5.04. The van der Waals surface area contributed by atoms with Crippen LogP contribution in [0, 0.1) is 6.92 Å². The van der Waals surface area contributed by atoms with Gasteiger partial charge in [0.2, 0.25) is 18.6 Å². The highest BCUT2D eigenvalue weighted by Gasteiger charge is 2.30. The summed E-state index contributed by atoms with van der Waals surface area (Å²) in [5.74, 6) is -0.114. The molecule has 2 heterocycles. The molecule has 2 aromatic carbocycles. The first-order valence-electron chi connectivity index (χ1n) is 10.9. The first-order valence-corrected chi connectivity index (χ1v) is 10.9. The van der Waals surface area contributed by atoms with E-state index in [0.717, 1.165) is 34.5 Å². The number of nitrogens with zero attached hydrogens (tertiary/aromatic N) is 5. The zero-order valence-corrected chi connectivity index (χ0v) is 19.4. The Bertz CT molecular complexity index is 1380. The van der Waals surface area contributed by atoms with Crippen LogP contribution in [-0.4, -0.2) is 39.6 Å². The number of hydrogen-bond acceptors (Lipinski definition) is 7. The molecule has 0 aliphatic rings. The predicted molar refractivity (Wildman–Crippen MR) is 124 cm³/mol. The molecule has 0 fully saturated rings. The highest BCUT2D eigenvalue weighted by molar-refractivity contribution is 6.03. The molecule has 13 heteroatoms. The number of carbonyl (C=O) groups excluding carboxylic acids is 1. The van der Waals surface area contributed by atoms with Gasteiger partial charge in [0.15, 0.2) is 11.3 Å². The molecule has 4 rings (SSSR count). The lowest BCUT2D eigenvalue weighted by atomic mass is 10.0. The number of aryl methyl sites for hydroxylation is 1. The second-order valence-electron chi connectivity index (χ2n) is 7.78. The summed E-state index contributed by atoms with van der Waals surface area (Å²) < 4.78 is 50.2. The fraction of sp³-hybridized carbons (Fsp3) is 0.208. The Morgan fingerprint density at radius 3 is 2.70 bits per heavy atom. The van der Waals surface area contributed by atoms with Gasteiger partial charge in [-0.25, -0.2) is 4.98 Å². The van der Waals surface area contributed by atoms with E-state index in [0.29, 0.717) is 6.54 Å². The Kier molecular flexibility index (Phi) is 7.63. The zero-order chi connectivity index (χ0) is 26.4. The minimum absolute atomic E-state index is 0.0518. The Labute approximate surface area is 208 Å². The summed E-state index contributed by atoms with van der Waals surface area (Å²) in [7, 11) is 0. The fourth-order valence-electron chi connectivity index (χ4n) is 3.33. The summed E-state index contributed by atoms with van der Waals surface area (Å²) in [6.07, 6.45) is -1.49. The molecule has 2 amide bonds. The molecule has 0 radical (unpaired) electrons. The molecule has 0 saturated heterocycles. The van der Waals surface area contributed by atoms with Crippen molar-refractivity contribution in [2.24, 2.45) is 0 Å². The average Bonchev–Trinajstić information content (AvgIpc) is 3.29. The summed E-state index contributed by atoms with van der Waals surface area (Å²) in [5, 5.41) is 18.6. The number of halogens is 3. The molecule has 0 bridgehead atoms. The van der Waals surface area contributed by atoms with Crippen molar-refractivity contribution in [3.8, 4) is 17.1 Å². The van der Waals surface area contributed by atoms with Crippen molar-refractivity contribution in [2.75, 3.05) is 18.5 Å². The van der Waals surface area contributed by atoms with Gasteiger partial charge >= 0.3 is 12.2 Å². The molecule has 37 heavy (non-hydrogen) atoms. The molecule has 192 valence electrons. The molecule has 0 aliphatic heterocycles. The molecule has 0 unspecified atom stereocenters. The van der Waals surface area contributed by atoms with Gasteiger partial charge in [-0.2, -0.15) is 18.2 Å². The number of aromatic nitrogens is 4. The summed E-state index contributed by atoms with van der Waals surface area (Å²) in [6, 6.07) is 11.0. The van der Waals surface area contributed by atoms with Gasteiger partial charge in [-0.15, -0.1) is 0 Å². The van der Waals surface area contributed by atoms with Crippen LogP contribution in [0.25, 0.3) is 16.4 Å². The third kappa shape index (κ3) is 6.79. The smallest absolute Gasteiger partial charge is 0.416 e. The van der Waals surface area contributed by atoms with E-state index in [1.54, 1.807) is 6.20 Å². The lowest BCUT2D eigenvalue weighted by Gasteiger charge is -2.15. The standard InChI is InChI=1S/C24H21F3N6O4/c1-15-20(12-28-23(29-15)36-10-9-34)17-7-5-16(6-8-17)13-33-14-21(37-32-33)31-22(35)30-19-4-2-3-18(11-19)24(25,26)27/h2-8,11-12,14,34H,9-10,13H2,1H3,(H-,30,31,32,35). The number of aliphatic hydroxyl groups is 1. The molecule has 2 aromatic heterocycles. The van der Waals surface area contributed by atoms with Gasteiger partial charge < -0.3 is 25.0 Å². The molecule has 0 aliphatic carbocycles. The molecular weight excluding hydrogens is 493 g/mol. The van der Waals surface area contributed by atoms with Gasteiger partial charge in [0.1, 0.15) is 6.61 Å². The molecule has 0 atom stereocenters. The van der Waals surface area contributed by atoms with Gasteiger partial charge in [0.05, 0.1) is 17.9 Å². The van der Waals surface area contributed by atoms with Crippen LogP contribution in [0.3, 0.4) is 0 Å². The lowest BCUT2D eigenvalue weighted by Crippen LogP contribution is -2.35. The van der Waals surface area contributed by atoms with Crippen LogP contribution in [0.2, 0.25) is 0 Å². The van der Waals surface area contributed by atoms with E-state index in [9.17, 15) is 18.0 Å². The quantitative estimate of drug-likeness (QED) is 0.334. The van der Waals surface area contributed by atoms with E-state index in [2.05, 4.69) is 25.9 Å². The van der Waals surface area contributed by atoms with E-state index in [1.165, 1.54) is 23.0 Å². The van der Waals surface area contributed by atoms with E-state index in [4.69, 9.17) is 14.4 Å². The maximum atomic E-state index is 12.8. The van der Waals surface area contributed by atoms with Crippen molar-refractivity contribution in [1.82, 2.24) is 15.2 Å². The van der Waals surface area contributed by atoms with Gasteiger partial charge in [-0.3, -0.25) is 4.79 Å². The second-order valence-corrected chi connectivity index (χ2v) is 7.78. The van der Waals surface area contributed by atoms with Crippen molar-refractivity contribution >= 4 is 17.6 Å². The van der Waals surface area contributed by atoms with Crippen molar-refractivity contribution in [2.45, 2.75) is 19.6 Å². The van der Waals surface area contributed by atoms with Crippen LogP contribution < -0.4 is 14.7 Å². The number of rotatable bonds is 8. The summed E-state index contributed by atoms with van der Waals surface area (Å²) in [5.41, 5.74) is 2.37. The zero-order valence-electron chi connectivity index (χ0n) is 19.4. The number of urea groups is 1. The Balaban J connectivity index is 1.35. The third-order valence-corrected chi connectivity index (χ3v) is 5.04. The monoisotopic (exact) mass is 514 g/mol. The van der Waals surface area contributed by atoms with Crippen LogP contribution in [0.5, 0.6) is 6.01 Å². The Morgan fingerprint density at radius 2 is 2.00 bits per heavy atom. The van der Waals surface area contributed by atoms with Crippen molar-refractivity contribution in [3.05, 3.63) is 83.1 Å². The summed E-state index contributed by atoms with van der Waals surface area (Å²) in [4.78, 5) is 20.5. The van der Waals surface area contributed by atoms with Crippen LogP contribution in [0.4, 0.5) is 29.5 Å². The van der Waals surface area contributed by atoms with Gasteiger partial charge in [0.25, 0.3) is 0 Å². The number of anilines is 1. The Hall–Kier alpha value is -4.52. The first-order chi connectivity index (χ1) is 17.7. The second kappa shape index (κ2) is 11.0. The van der Waals surface area contributed by atoms with Crippen LogP contribution in [-0.2, 0) is 12.7 Å². The Morgan fingerprint density at radius 1 is 1.22 bits per heavy atom. The number of benzene rings is 2. The maximum absolute atomic E-state index is 12.8. The number of aliphatic hydroxyl groups excluding tert-OH is 1. The molecule has 0 saturated carbocycles. The van der Waals surface area contributed by atoms with Crippen LogP contribution in [0.1, 0.15) is 16.8 Å². The van der Waals surface area contributed by atoms with Crippen LogP contribution >= 0.6 is 0 Å². The highest BCUT2D eigenvalue weighted by atomic mass is 19.4. The number of carbonyl (C=O) groups is 1.